The van der Waals surface area contributed by atoms with Gasteiger partial charge in [-0.15, -0.1) is 0 Å². The topological polar surface area (TPSA) is 111 Å². The molecule has 0 amide bonds. The summed E-state index contributed by atoms with van der Waals surface area (Å²) in [6, 6.07) is 0. The summed E-state index contributed by atoms with van der Waals surface area (Å²) in [5.74, 6) is -0.873. The molecule has 0 saturated carbocycles. The number of quaternary nitrogens is 1. The van der Waals surface area contributed by atoms with Crippen LogP contribution in [0.25, 0.3) is 0 Å². The van der Waals surface area contributed by atoms with Crippen LogP contribution in [0.4, 0.5) is 0 Å². The number of likely N-dealkylation sites (N-methyl/N-ethyl adjacent to an activating group) is 1. The van der Waals surface area contributed by atoms with Gasteiger partial charge in [-0.2, -0.15) is 0 Å². The van der Waals surface area contributed by atoms with E-state index >= 15 is 0 Å². The Morgan fingerprint density at radius 2 is 0.950 bits per heavy atom. The van der Waals surface area contributed by atoms with E-state index in [9.17, 15) is 19.0 Å². The van der Waals surface area contributed by atoms with Gasteiger partial charge in [-0.05, 0) is 77.0 Å². The number of hydrogen-bond acceptors (Lipinski definition) is 8. The third kappa shape index (κ3) is 45.2. The molecule has 0 radical (unpaired) electrons. The molecule has 0 aliphatic carbocycles. The molecule has 0 spiro atoms. The van der Waals surface area contributed by atoms with Crippen LogP contribution >= 0.6 is 7.82 Å². The summed E-state index contributed by atoms with van der Waals surface area (Å²) in [5.41, 5.74) is 0. The Morgan fingerprint density at radius 1 is 0.533 bits per heavy atom. The van der Waals surface area contributed by atoms with Crippen molar-refractivity contribution in [2.24, 2.45) is 0 Å². The van der Waals surface area contributed by atoms with Crippen molar-refractivity contribution in [3.63, 3.8) is 0 Å². The van der Waals surface area contributed by atoms with E-state index in [-0.39, 0.29) is 26.1 Å². The van der Waals surface area contributed by atoms with Gasteiger partial charge in [-0.1, -0.05) is 164 Å². The molecule has 0 rings (SSSR count). The van der Waals surface area contributed by atoms with Gasteiger partial charge in [0.25, 0.3) is 7.82 Å². The van der Waals surface area contributed by atoms with Gasteiger partial charge in [-0.3, -0.25) is 14.2 Å². The molecule has 0 aliphatic heterocycles. The summed E-state index contributed by atoms with van der Waals surface area (Å²) in [5, 5.41) is 0. The highest BCUT2D eigenvalue weighted by Gasteiger charge is 2.21. The van der Waals surface area contributed by atoms with Crippen LogP contribution in [0.3, 0.4) is 0 Å². The quantitative estimate of drug-likeness (QED) is 0.0196. The maximum Gasteiger partial charge on any atom is 0.306 e. The van der Waals surface area contributed by atoms with Crippen LogP contribution in [-0.2, 0) is 32.7 Å². The normalized spacial score (nSPS) is 14.0. The van der Waals surface area contributed by atoms with Gasteiger partial charge in [0.15, 0.2) is 6.10 Å². The molecule has 0 aromatic carbocycles. The Hall–Kier alpha value is -2.29. The van der Waals surface area contributed by atoms with E-state index in [1.807, 2.05) is 21.1 Å². The first-order chi connectivity index (χ1) is 29.0. The third-order valence-electron chi connectivity index (χ3n) is 10.0. The standard InChI is InChI=1S/C50H90NO8P/c1-6-8-10-12-14-16-18-20-21-22-23-24-25-26-27-28-29-31-32-34-36-38-40-42-49(52)56-46-48(47-58-60(54,55)57-45-44-51(3,4)5)59-50(53)43-41-39-37-35-33-30-19-17-15-13-11-9-7-2/h9,11,15,17-18,20,22-23,30,33,48H,6-8,10,12-14,16,19,21,24-29,31-32,34-47H2,1-5H3/b11-9-,17-15-,20-18-,23-22-,33-30-. The minimum absolute atomic E-state index is 0.0391. The number of nitrogens with zero attached hydrogens (tertiary/aromatic N) is 1. The number of ether oxygens (including phenoxy) is 2. The smallest absolute Gasteiger partial charge is 0.306 e. The van der Waals surface area contributed by atoms with E-state index in [0.29, 0.717) is 17.4 Å². The Morgan fingerprint density at radius 3 is 1.43 bits per heavy atom. The van der Waals surface area contributed by atoms with Crippen LogP contribution in [0.15, 0.2) is 60.8 Å². The second kappa shape index (κ2) is 42.0. The van der Waals surface area contributed by atoms with Gasteiger partial charge in [0.1, 0.15) is 19.8 Å². The van der Waals surface area contributed by atoms with E-state index in [4.69, 9.17) is 18.5 Å². The number of hydrogen-bond donors (Lipinski definition) is 0. The predicted octanol–water partition coefficient (Wildman–Crippen LogP) is 13.4. The largest absolute Gasteiger partial charge is 0.756 e. The molecule has 60 heavy (non-hydrogen) atoms. The predicted molar refractivity (Wildman–Crippen MR) is 250 cm³/mol. The molecule has 0 aromatic heterocycles. The first-order valence-electron chi connectivity index (χ1n) is 24.0. The number of carbonyl (C=O) groups excluding carboxylic acids is 2. The zero-order chi connectivity index (χ0) is 44.3. The third-order valence-corrected chi connectivity index (χ3v) is 11.0. The number of rotatable bonds is 43. The zero-order valence-corrected chi connectivity index (χ0v) is 40.0. The lowest BCUT2D eigenvalue weighted by atomic mass is 10.0. The fourth-order valence-corrected chi connectivity index (χ4v) is 7.02. The van der Waals surface area contributed by atoms with Gasteiger partial charge in [0, 0.05) is 12.8 Å². The number of esters is 2. The number of phosphoric ester groups is 1. The minimum atomic E-state index is -4.64. The lowest BCUT2D eigenvalue weighted by Gasteiger charge is -2.28. The monoisotopic (exact) mass is 864 g/mol. The number of carbonyl (C=O) groups is 2. The van der Waals surface area contributed by atoms with Crippen molar-refractivity contribution in [1.29, 1.82) is 0 Å². The van der Waals surface area contributed by atoms with Gasteiger partial charge in [0.2, 0.25) is 0 Å². The van der Waals surface area contributed by atoms with Crippen molar-refractivity contribution in [2.75, 3.05) is 47.5 Å². The summed E-state index contributed by atoms with van der Waals surface area (Å²) in [6.07, 6.45) is 51.2. The van der Waals surface area contributed by atoms with Crippen molar-refractivity contribution in [1.82, 2.24) is 0 Å². The Balaban J connectivity index is 4.25. The maximum absolute atomic E-state index is 12.7. The first-order valence-corrected chi connectivity index (χ1v) is 25.5. The summed E-state index contributed by atoms with van der Waals surface area (Å²) in [7, 11) is 1.14. The minimum Gasteiger partial charge on any atom is -0.756 e. The van der Waals surface area contributed by atoms with E-state index < -0.39 is 32.5 Å². The lowest BCUT2D eigenvalue weighted by molar-refractivity contribution is -0.870. The summed E-state index contributed by atoms with van der Waals surface area (Å²) >= 11 is 0. The van der Waals surface area contributed by atoms with Gasteiger partial charge >= 0.3 is 11.9 Å². The molecule has 9 nitrogen and oxygen atoms in total. The summed E-state index contributed by atoms with van der Waals surface area (Å²) in [6.45, 7) is 4.06. The van der Waals surface area contributed by atoms with Crippen LogP contribution in [0.5, 0.6) is 0 Å². The molecule has 10 heteroatoms. The molecular formula is C50H90NO8P. The van der Waals surface area contributed by atoms with Crippen molar-refractivity contribution in [2.45, 2.75) is 200 Å². The van der Waals surface area contributed by atoms with Gasteiger partial charge < -0.3 is 27.9 Å². The molecular weight excluding hydrogens is 774 g/mol. The van der Waals surface area contributed by atoms with Crippen LogP contribution < -0.4 is 4.89 Å². The fourth-order valence-electron chi connectivity index (χ4n) is 6.29. The van der Waals surface area contributed by atoms with Crippen LogP contribution in [-0.4, -0.2) is 70.0 Å². The van der Waals surface area contributed by atoms with Crippen molar-refractivity contribution >= 4 is 19.8 Å². The highest BCUT2D eigenvalue weighted by atomic mass is 31.2. The second-order valence-corrected chi connectivity index (χ2v) is 18.5. The first kappa shape index (κ1) is 57.7. The summed E-state index contributed by atoms with van der Waals surface area (Å²) < 4.78 is 33.9. The van der Waals surface area contributed by atoms with E-state index in [1.54, 1.807) is 0 Å². The van der Waals surface area contributed by atoms with E-state index in [1.165, 1.54) is 96.3 Å². The molecule has 0 aliphatic rings. The Bertz CT molecular complexity index is 1210. The molecule has 2 atom stereocenters. The zero-order valence-electron chi connectivity index (χ0n) is 39.1. The highest BCUT2D eigenvalue weighted by molar-refractivity contribution is 7.45. The molecule has 348 valence electrons. The Labute approximate surface area is 368 Å². The SMILES string of the molecule is CC/C=C\C/C=C\C/C=C\CCCCCC(=O)OC(COC(=O)CCCCCCCCCCCCC/C=C\C/C=C\CCCCCCC)COP(=O)([O-])OCC[N+](C)(C)C. The van der Waals surface area contributed by atoms with Crippen molar-refractivity contribution in [3.8, 4) is 0 Å². The second-order valence-electron chi connectivity index (χ2n) is 17.1. The molecule has 0 bridgehead atoms. The van der Waals surface area contributed by atoms with Crippen molar-refractivity contribution in [3.05, 3.63) is 60.8 Å². The molecule has 0 heterocycles. The molecule has 0 fully saturated rings. The van der Waals surface area contributed by atoms with Crippen LogP contribution in [0.2, 0.25) is 0 Å². The molecule has 0 saturated heterocycles. The van der Waals surface area contributed by atoms with Crippen LogP contribution in [0, 0.1) is 0 Å². The van der Waals surface area contributed by atoms with Gasteiger partial charge in [0.05, 0.1) is 27.7 Å². The number of phosphoric acid groups is 1. The van der Waals surface area contributed by atoms with Crippen LogP contribution in [0.1, 0.15) is 194 Å². The Kier molecular flexibility index (Phi) is 40.4. The molecule has 0 N–H and O–H groups in total. The summed E-state index contributed by atoms with van der Waals surface area (Å²) in [4.78, 5) is 37.6. The number of allylic oxidation sites excluding steroid dienone is 10. The lowest BCUT2D eigenvalue weighted by Crippen LogP contribution is -2.37. The van der Waals surface area contributed by atoms with E-state index in [0.717, 1.165) is 64.2 Å². The van der Waals surface area contributed by atoms with Crippen molar-refractivity contribution < 1.29 is 42.1 Å². The maximum atomic E-state index is 12.7. The fraction of sp³-hybridized carbons (Fsp3) is 0.760. The number of unbranched alkanes of at least 4 members (excludes halogenated alkanes) is 19. The average Bonchev–Trinajstić information content (AvgIpc) is 3.20. The van der Waals surface area contributed by atoms with E-state index in [2.05, 4.69) is 74.6 Å². The molecule has 0 aromatic rings. The highest BCUT2D eigenvalue weighted by Crippen LogP contribution is 2.38. The average molecular weight is 864 g/mol. The molecule has 2 unspecified atom stereocenters. The van der Waals surface area contributed by atoms with Gasteiger partial charge in [-0.25, -0.2) is 0 Å².